The second kappa shape index (κ2) is 5.07. The van der Waals surface area contributed by atoms with Crippen molar-refractivity contribution in [2.45, 2.75) is 22.2 Å². The normalized spacial score (nSPS) is 14.8. The molecular formula is C14H17Hf. The molecule has 77 valence electrons. The van der Waals surface area contributed by atoms with E-state index < -0.39 is 21.4 Å². The van der Waals surface area contributed by atoms with E-state index in [1.807, 2.05) is 3.33 Å². The first-order chi connectivity index (χ1) is 7.27. The van der Waals surface area contributed by atoms with Crippen molar-refractivity contribution in [2.24, 2.45) is 0 Å². The molecule has 0 saturated carbocycles. The van der Waals surface area contributed by atoms with Crippen molar-refractivity contribution in [1.29, 1.82) is 0 Å². The van der Waals surface area contributed by atoms with E-state index in [0.717, 1.165) is 6.42 Å². The Bertz CT molecular complexity index is 385. The van der Waals surface area contributed by atoms with Gasteiger partial charge in [-0.1, -0.05) is 0 Å². The van der Waals surface area contributed by atoms with Crippen LogP contribution in [-0.2, 0) is 27.9 Å². The van der Waals surface area contributed by atoms with E-state index in [4.69, 9.17) is 0 Å². The molecule has 0 bridgehead atoms. The van der Waals surface area contributed by atoms with Crippen molar-refractivity contribution < 1.29 is 21.4 Å². The molecule has 1 aliphatic carbocycles. The maximum absolute atomic E-state index is 2.50. The van der Waals surface area contributed by atoms with Gasteiger partial charge >= 0.3 is 101 Å². The Balaban J connectivity index is 2.18. The van der Waals surface area contributed by atoms with Gasteiger partial charge in [-0.2, -0.15) is 0 Å². The third kappa shape index (κ3) is 2.78. The summed E-state index contributed by atoms with van der Waals surface area (Å²) in [6, 6.07) is 10.8. The third-order valence-corrected chi connectivity index (χ3v) is 9.09. The predicted molar refractivity (Wildman–Crippen MR) is 62.7 cm³/mol. The third-order valence-electron chi connectivity index (χ3n) is 2.87. The van der Waals surface area contributed by atoms with E-state index in [1.54, 1.807) is 5.57 Å². The zero-order valence-electron chi connectivity index (χ0n) is 9.46. The van der Waals surface area contributed by atoms with Crippen LogP contribution < -0.4 is 0 Å². The predicted octanol–water partition coefficient (Wildman–Crippen LogP) is 4.16. The monoisotopic (exact) mass is 365 g/mol. The molecule has 1 aliphatic rings. The molecule has 2 rings (SSSR count). The van der Waals surface area contributed by atoms with Gasteiger partial charge in [-0.15, -0.1) is 0 Å². The Labute approximate surface area is 100 Å². The van der Waals surface area contributed by atoms with Crippen LogP contribution in [0.1, 0.15) is 12.0 Å². The Kier molecular flexibility index (Phi) is 3.74. The fourth-order valence-electron chi connectivity index (χ4n) is 2.06. The first-order valence-corrected chi connectivity index (χ1v) is 14.5. The van der Waals surface area contributed by atoms with E-state index in [1.165, 1.54) is 12.0 Å². The fourth-order valence-corrected chi connectivity index (χ4v) is 6.87. The molecule has 0 heterocycles. The summed E-state index contributed by atoms with van der Waals surface area (Å²) in [7, 11) is 0. The van der Waals surface area contributed by atoms with Crippen LogP contribution in [-0.4, -0.2) is 0 Å². The molecule has 0 fully saturated rings. The molecule has 0 saturated heterocycles. The Hall–Kier alpha value is -0.430. The van der Waals surface area contributed by atoms with Gasteiger partial charge < -0.3 is 0 Å². The van der Waals surface area contributed by atoms with Gasteiger partial charge in [0.05, 0.1) is 0 Å². The van der Waals surface area contributed by atoms with Crippen molar-refractivity contribution in [1.82, 2.24) is 0 Å². The van der Waals surface area contributed by atoms with Crippen LogP contribution in [0.5, 0.6) is 0 Å². The molecule has 0 radical (unpaired) electrons. The van der Waals surface area contributed by atoms with Crippen LogP contribution in [0.3, 0.4) is 0 Å². The number of benzene rings is 1. The van der Waals surface area contributed by atoms with Gasteiger partial charge in [0.15, 0.2) is 0 Å². The van der Waals surface area contributed by atoms with Gasteiger partial charge in [-0.3, -0.25) is 0 Å². The molecule has 15 heavy (non-hydrogen) atoms. The number of hydrogen-bond donors (Lipinski definition) is 0. The minimum atomic E-state index is -1.29. The van der Waals surface area contributed by atoms with Crippen molar-refractivity contribution in [2.75, 3.05) is 0 Å². The fraction of sp³-hybridized carbons (Fsp3) is 0.286. The van der Waals surface area contributed by atoms with Crippen molar-refractivity contribution in [3.63, 3.8) is 0 Å². The average molecular weight is 364 g/mol. The molecule has 1 aromatic carbocycles. The second-order valence-electron chi connectivity index (χ2n) is 4.27. The van der Waals surface area contributed by atoms with Crippen molar-refractivity contribution in [3.8, 4) is 0 Å². The molecule has 1 aromatic rings. The molecule has 0 N–H and O–H groups in total. The molecule has 0 unspecified atom stereocenters. The Morgan fingerprint density at radius 2 is 1.87 bits per heavy atom. The maximum atomic E-state index is 2.50. The average Bonchev–Trinajstić information content (AvgIpc) is 2.67. The van der Waals surface area contributed by atoms with Gasteiger partial charge in [-0.05, 0) is 0 Å². The van der Waals surface area contributed by atoms with Gasteiger partial charge in [0, 0.05) is 0 Å². The molecule has 0 aromatic heterocycles. The summed E-state index contributed by atoms with van der Waals surface area (Å²) in [5.74, 6) is 0. The topological polar surface area (TPSA) is 0 Å². The standard InChI is InChI=1S/C12H11.2CH3.Hf/c1-2-6-11(7-3-1)10-12-8-4-5-9-12;;;/h1-4,6-8H,5,10H2;2*1H3;. The summed E-state index contributed by atoms with van der Waals surface area (Å²) in [5.41, 5.74) is 3.07. The van der Waals surface area contributed by atoms with Gasteiger partial charge in [0.1, 0.15) is 0 Å². The first-order valence-electron chi connectivity index (χ1n) is 5.50. The zero-order valence-corrected chi connectivity index (χ0v) is 13.0. The van der Waals surface area contributed by atoms with Gasteiger partial charge in [0.25, 0.3) is 0 Å². The first kappa shape index (κ1) is 11.1. The van der Waals surface area contributed by atoms with E-state index in [2.05, 4.69) is 51.8 Å². The van der Waals surface area contributed by atoms with E-state index in [0.29, 0.717) is 0 Å². The SMILES string of the molecule is [CH3][Hf]([CH3])[C]1=C(Cc2ccccc2)C=CC1. The Morgan fingerprint density at radius 3 is 2.53 bits per heavy atom. The van der Waals surface area contributed by atoms with E-state index >= 15 is 0 Å². The van der Waals surface area contributed by atoms with Crippen molar-refractivity contribution >= 4 is 0 Å². The molecular weight excluding hydrogens is 347 g/mol. The molecule has 0 amide bonds. The van der Waals surface area contributed by atoms with Crippen LogP contribution >= 0.6 is 0 Å². The summed E-state index contributed by atoms with van der Waals surface area (Å²) in [6.45, 7) is 0. The van der Waals surface area contributed by atoms with Crippen molar-refractivity contribution in [3.05, 3.63) is 57.0 Å². The molecule has 0 spiro atoms. The Morgan fingerprint density at radius 1 is 1.13 bits per heavy atom. The van der Waals surface area contributed by atoms with Gasteiger partial charge in [-0.25, -0.2) is 0 Å². The van der Waals surface area contributed by atoms with Crippen LogP contribution in [0.2, 0.25) is 9.36 Å². The summed E-state index contributed by atoms with van der Waals surface area (Å²) in [5, 5.41) is 0. The van der Waals surface area contributed by atoms with E-state index in [9.17, 15) is 0 Å². The summed E-state index contributed by atoms with van der Waals surface area (Å²) >= 11 is -1.29. The van der Waals surface area contributed by atoms with E-state index in [-0.39, 0.29) is 0 Å². The molecule has 0 atom stereocenters. The molecule has 0 nitrogen and oxygen atoms in total. The summed E-state index contributed by atoms with van der Waals surface area (Å²) < 4.78 is 6.82. The quantitative estimate of drug-likeness (QED) is 0.707. The number of rotatable bonds is 3. The number of hydrogen-bond acceptors (Lipinski definition) is 0. The molecule has 0 aliphatic heterocycles. The zero-order chi connectivity index (χ0) is 10.7. The minimum absolute atomic E-state index is 1.14. The summed E-state index contributed by atoms with van der Waals surface area (Å²) in [4.78, 5) is 0. The number of allylic oxidation sites excluding steroid dienone is 4. The van der Waals surface area contributed by atoms with Crippen LogP contribution in [0, 0.1) is 0 Å². The second-order valence-corrected chi connectivity index (χ2v) is 13.6. The van der Waals surface area contributed by atoms with Crippen LogP contribution in [0.15, 0.2) is 51.4 Å². The van der Waals surface area contributed by atoms with Gasteiger partial charge in [0.2, 0.25) is 0 Å². The summed E-state index contributed by atoms with van der Waals surface area (Å²) in [6.07, 6.45) is 7.07. The molecule has 1 heteroatoms. The van der Waals surface area contributed by atoms with Crippen LogP contribution in [0.4, 0.5) is 0 Å². The van der Waals surface area contributed by atoms with Crippen LogP contribution in [0.25, 0.3) is 0 Å².